The fraction of sp³-hybridized carbons (Fsp3) is 0.938. The van der Waals surface area contributed by atoms with Crippen LogP contribution >= 0.6 is 24.8 Å². The van der Waals surface area contributed by atoms with Crippen molar-refractivity contribution in [3.05, 3.63) is 0 Å². The molecule has 0 aromatic heterocycles. The maximum absolute atomic E-state index is 12.1. The van der Waals surface area contributed by atoms with Gasteiger partial charge in [-0.05, 0) is 26.7 Å². The minimum atomic E-state index is -0.797. The van der Waals surface area contributed by atoms with Gasteiger partial charge in [0.15, 0.2) is 0 Å². The predicted molar refractivity (Wildman–Crippen MR) is 98.5 cm³/mol. The summed E-state index contributed by atoms with van der Waals surface area (Å²) in [4.78, 5) is 14.6. The minimum absolute atomic E-state index is 0. The number of morpholine rings is 1. The molecule has 1 aliphatic carbocycles. The van der Waals surface area contributed by atoms with Crippen LogP contribution in [0.5, 0.6) is 0 Å². The molecule has 2 rings (SSSR count). The topological polar surface area (TPSA) is 67.6 Å². The zero-order chi connectivity index (χ0) is 15.3. The molecule has 3 N–H and O–H groups in total. The van der Waals surface area contributed by atoms with Gasteiger partial charge >= 0.3 is 0 Å². The van der Waals surface area contributed by atoms with E-state index in [4.69, 9.17) is 10.5 Å². The first-order chi connectivity index (χ1) is 9.91. The van der Waals surface area contributed by atoms with E-state index in [9.17, 15) is 4.79 Å². The van der Waals surface area contributed by atoms with Gasteiger partial charge in [-0.15, -0.1) is 24.8 Å². The molecule has 1 saturated heterocycles. The molecule has 1 amide bonds. The van der Waals surface area contributed by atoms with Gasteiger partial charge < -0.3 is 15.8 Å². The van der Waals surface area contributed by atoms with E-state index in [0.29, 0.717) is 0 Å². The normalized spacial score (nSPS) is 21.7. The average Bonchev–Trinajstić information content (AvgIpc) is 2.46. The highest BCUT2D eigenvalue weighted by Crippen LogP contribution is 2.36. The minimum Gasteiger partial charge on any atom is -0.379 e. The Morgan fingerprint density at radius 1 is 1.17 bits per heavy atom. The van der Waals surface area contributed by atoms with Crippen molar-refractivity contribution in [1.82, 2.24) is 10.2 Å². The van der Waals surface area contributed by atoms with Crippen molar-refractivity contribution in [3.63, 3.8) is 0 Å². The summed E-state index contributed by atoms with van der Waals surface area (Å²) in [6.45, 7) is 9.04. The summed E-state index contributed by atoms with van der Waals surface area (Å²) in [5, 5.41) is 3.10. The molecule has 5 nitrogen and oxygen atoms in total. The zero-order valence-corrected chi connectivity index (χ0v) is 16.1. The van der Waals surface area contributed by atoms with Crippen molar-refractivity contribution in [2.24, 2.45) is 11.1 Å². The summed E-state index contributed by atoms with van der Waals surface area (Å²) in [5.41, 5.74) is 5.30. The molecule has 1 saturated carbocycles. The van der Waals surface area contributed by atoms with Crippen LogP contribution in [0.2, 0.25) is 0 Å². The van der Waals surface area contributed by atoms with Crippen molar-refractivity contribution >= 4 is 30.7 Å². The zero-order valence-electron chi connectivity index (χ0n) is 14.4. The van der Waals surface area contributed by atoms with Crippen LogP contribution in [0.15, 0.2) is 0 Å². The molecule has 0 aromatic rings. The average molecular weight is 370 g/mol. The summed E-state index contributed by atoms with van der Waals surface area (Å²) in [6, 6.07) is 0. The van der Waals surface area contributed by atoms with Crippen LogP contribution in [-0.4, -0.2) is 55.7 Å². The molecule has 0 aromatic carbocycles. The number of amides is 1. The molecular weight excluding hydrogens is 337 g/mol. The van der Waals surface area contributed by atoms with E-state index in [2.05, 4.69) is 10.2 Å². The molecule has 2 fully saturated rings. The molecule has 0 bridgehead atoms. The Hall–Kier alpha value is -0.0700. The van der Waals surface area contributed by atoms with Gasteiger partial charge in [-0.25, -0.2) is 0 Å². The lowest BCUT2D eigenvalue weighted by Crippen LogP contribution is -2.54. The highest BCUT2D eigenvalue weighted by atomic mass is 35.5. The number of nitrogens with one attached hydrogen (secondary N) is 1. The third-order valence-corrected chi connectivity index (χ3v) is 4.79. The Bertz CT molecular complexity index is 350. The van der Waals surface area contributed by atoms with Gasteiger partial charge in [-0.2, -0.15) is 0 Å². The number of hydrogen-bond donors (Lipinski definition) is 2. The second-order valence-corrected chi connectivity index (χ2v) is 7.35. The van der Waals surface area contributed by atoms with Gasteiger partial charge in [0, 0.05) is 31.6 Å². The summed E-state index contributed by atoms with van der Waals surface area (Å²) >= 11 is 0. The third kappa shape index (κ3) is 7.14. The SMILES string of the molecule is CC(C)(N)C(=O)NCC1(CN2CCOCC2)CCCCC1.Cl.Cl. The second-order valence-electron chi connectivity index (χ2n) is 7.35. The fourth-order valence-electron chi connectivity index (χ4n) is 3.42. The van der Waals surface area contributed by atoms with E-state index >= 15 is 0 Å². The van der Waals surface area contributed by atoms with Crippen molar-refractivity contribution in [2.45, 2.75) is 51.5 Å². The molecule has 0 radical (unpaired) electrons. The van der Waals surface area contributed by atoms with Gasteiger partial charge in [0.2, 0.25) is 5.91 Å². The van der Waals surface area contributed by atoms with Crippen LogP contribution in [0.1, 0.15) is 46.0 Å². The number of nitrogens with two attached hydrogens (primary N) is 1. The Morgan fingerprint density at radius 3 is 2.26 bits per heavy atom. The summed E-state index contributed by atoms with van der Waals surface area (Å²) in [6.07, 6.45) is 6.27. The molecule has 7 heteroatoms. The van der Waals surface area contributed by atoms with E-state index in [-0.39, 0.29) is 36.1 Å². The first-order valence-electron chi connectivity index (χ1n) is 8.29. The second kappa shape index (κ2) is 10.0. The number of carbonyl (C=O) groups is 1. The third-order valence-electron chi connectivity index (χ3n) is 4.79. The highest BCUT2D eigenvalue weighted by molar-refractivity contribution is 5.86. The number of nitrogens with zero attached hydrogens (tertiary/aromatic N) is 1. The molecule has 0 atom stereocenters. The smallest absolute Gasteiger partial charge is 0.239 e. The molecule has 1 heterocycles. The number of hydrogen-bond acceptors (Lipinski definition) is 4. The van der Waals surface area contributed by atoms with Crippen molar-refractivity contribution in [2.75, 3.05) is 39.4 Å². The van der Waals surface area contributed by atoms with Crippen LogP contribution in [0.3, 0.4) is 0 Å². The maximum atomic E-state index is 12.1. The van der Waals surface area contributed by atoms with E-state index in [1.54, 1.807) is 13.8 Å². The van der Waals surface area contributed by atoms with Crippen LogP contribution < -0.4 is 11.1 Å². The number of rotatable bonds is 5. The van der Waals surface area contributed by atoms with E-state index in [1.165, 1.54) is 32.1 Å². The number of carbonyl (C=O) groups excluding carboxylic acids is 1. The number of halogens is 2. The fourth-order valence-corrected chi connectivity index (χ4v) is 3.42. The predicted octanol–water partition coefficient (Wildman–Crippen LogP) is 1.97. The lowest BCUT2D eigenvalue weighted by atomic mass is 9.73. The summed E-state index contributed by atoms with van der Waals surface area (Å²) < 4.78 is 5.44. The van der Waals surface area contributed by atoms with Crippen LogP contribution in [0, 0.1) is 5.41 Å². The Balaban J connectivity index is 0.00000242. The summed E-state index contributed by atoms with van der Waals surface area (Å²) in [5.74, 6) is -0.0468. The van der Waals surface area contributed by atoms with E-state index in [0.717, 1.165) is 39.4 Å². The standard InChI is InChI=1S/C16H31N3O2.2ClH/c1-15(2,17)14(20)18-12-16(6-4-3-5-7-16)13-19-8-10-21-11-9-19;;/h3-13,17H2,1-2H3,(H,18,20);2*1H. The van der Waals surface area contributed by atoms with E-state index in [1.807, 2.05) is 0 Å². The van der Waals surface area contributed by atoms with Gasteiger partial charge in [-0.1, -0.05) is 19.3 Å². The van der Waals surface area contributed by atoms with Gasteiger partial charge in [0.05, 0.1) is 18.8 Å². The molecule has 138 valence electrons. The number of ether oxygens (including phenoxy) is 1. The van der Waals surface area contributed by atoms with Crippen LogP contribution in [-0.2, 0) is 9.53 Å². The first-order valence-corrected chi connectivity index (χ1v) is 8.29. The van der Waals surface area contributed by atoms with Crippen molar-refractivity contribution < 1.29 is 9.53 Å². The van der Waals surface area contributed by atoms with E-state index < -0.39 is 5.54 Å². The summed E-state index contributed by atoms with van der Waals surface area (Å²) in [7, 11) is 0. The van der Waals surface area contributed by atoms with Gasteiger partial charge in [-0.3, -0.25) is 9.69 Å². The first kappa shape index (κ1) is 22.9. The Labute approximate surface area is 152 Å². The monoisotopic (exact) mass is 369 g/mol. The molecular formula is C16H33Cl2N3O2. The van der Waals surface area contributed by atoms with Gasteiger partial charge in [0.25, 0.3) is 0 Å². The maximum Gasteiger partial charge on any atom is 0.239 e. The molecule has 0 unspecified atom stereocenters. The van der Waals surface area contributed by atoms with Crippen LogP contribution in [0.25, 0.3) is 0 Å². The van der Waals surface area contributed by atoms with Crippen molar-refractivity contribution in [3.8, 4) is 0 Å². The molecule has 23 heavy (non-hydrogen) atoms. The highest BCUT2D eigenvalue weighted by Gasteiger charge is 2.35. The molecule has 0 spiro atoms. The Morgan fingerprint density at radius 2 is 1.74 bits per heavy atom. The quantitative estimate of drug-likeness (QED) is 0.777. The molecule has 1 aliphatic heterocycles. The lowest BCUT2D eigenvalue weighted by molar-refractivity contribution is -0.126. The van der Waals surface area contributed by atoms with Crippen molar-refractivity contribution in [1.29, 1.82) is 0 Å². The Kier molecular flexibility index (Phi) is 10.0. The van der Waals surface area contributed by atoms with Gasteiger partial charge in [0.1, 0.15) is 0 Å². The lowest BCUT2D eigenvalue weighted by Gasteiger charge is -2.42. The molecule has 2 aliphatic rings. The largest absolute Gasteiger partial charge is 0.379 e. The van der Waals surface area contributed by atoms with Crippen LogP contribution in [0.4, 0.5) is 0 Å².